The molecule has 0 unspecified atom stereocenters. The number of methoxy groups -OCH3 is 1. The van der Waals surface area contributed by atoms with Crippen LogP contribution in [-0.2, 0) is 14.8 Å². The van der Waals surface area contributed by atoms with Gasteiger partial charge in [0.1, 0.15) is 5.75 Å². The number of carbonyl (C=O) groups excluding carboxylic acids is 1. The van der Waals surface area contributed by atoms with Crippen molar-refractivity contribution in [3.05, 3.63) is 53.0 Å². The van der Waals surface area contributed by atoms with Gasteiger partial charge >= 0.3 is 0 Å². The van der Waals surface area contributed by atoms with E-state index in [1.54, 1.807) is 36.4 Å². The van der Waals surface area contributed by atoms with Gasteiger partial charge in [-0.1, -0.05) is 28.1 Å². The Morgan fingerprint density at radius 1 is 1.12 bits per heavy atom. The second kappa shape index (κ2) is 7.78. The number of sulfonamides is 1. The molecule has 0 fully saturated rings. The summed E-state index contributed by atoms with van der Waals surface area (Å²) in [5.74, 6) is 0.00834. The highest BCUT2D eigenvalue weighted by molar-refractivity contribution is 9.10. The number of anilines is 1. The lowest BCUT2D eigenvalue weighted by Gasteiger charge is -2.16. The minimum atomic E-state index is -3.79. The average Bonchev–Trinajstić information content (AvgIpc) is 2.55. The number of para-hydroxylation sites is 2. The van der Waals surface area contributed by atoms with Gasteiger partial charge in [-0.25, -0.2) is 8.42 Å². The summed E-state index contributed by atoms with van der Waals surface area (Å²) in [7, 11) is -2.30. The Morgan fingerprint density at radius 3 is 2.38 bits per heavy atom. The molecule has 128 valence electrons. The van der Waals surface area contributed by atoms with E-state index in [0.717, 1.165) is 4.47 Å². The second-order valence-corrected chi connectivity index (χ2v) is 7.62. The maximum atomic E-state index is 12.3. The van der Waals surface area contributed by atoms with Gasteiger partial charge in [-0.15, -0.1) is 0 Å². The van der Waals surface area contributed by atoms with Crippen molar-refractivity contribution in [3.63, 3.8) is 0 Å². The molecule has 0 saturated heterocycles. The van der Waals surface area contributed by atoms with Crippen molar-refractivity contribution in [2.45, 2.75) is 17.9 Å². The molecule has 0 aromatic heterocycles. The highest BCUT2D eigenvalue weighted by atomic mass is 79.9. The van der Waals surface area contributed by atoms with Gasteiger partial charge in [-0.05, 0) is 43.3 Å². The van der Waals surface area contributed by atoms with Crippen molar-refractivity contribution < 1.29 is 17.9 Å². The molecule has 2 rings (SSSR count). The van der Waals surface area contributed by atoms with Crippen molar-refractivity contribution in [1.29, 1.82) is 0 Å². The summed E-state index contributed by atoms with van der Waals surface area (Å²) in [6.07, 6.45) is 0. The maximum absolute atomic E-state index is 12.3. The maximum Gasteiger partial charge on any atom is 0.242 e. The number of benzene rings is 2. The average molecular weight is 413 g/mol. The van der Waals surface area contributed by atoms with Gasteiger partial charge in [0.25, 0.3) is 0 Å². The van der Waals surface area contributed by atoms with E-state index in [2.05, 4.69) is 26.0 Å². The third kappa shape index (κ3) is 4.56. The molecule has 2 N–H and O–H groups in total. The van der Waals surface area contributed by atoms with E-state index in [1.165, 1.54) is 26.2 Å². The summed E-state index contributed by atoms with van der Waals surface area (Å²) in [4.78, 5) is 12.3. The van der Waals surface area contributed by atoms with Crippen molar-refractivity contribution in [3.8, 4) is 5.75 Å². The third-order valence-corrected chi connectivity index (χ3v) is 5.30. The van der Waals surface area contributed by atoms with Gasteiger partial charge in [-0.3, -0.25) is 4.79 Å². The van der Waals surface area contributed by atoms with E-state index >= 15 is 0 Å². The first kappa shape index (κ1) is 18.4. The van der Waals surface area contributed by atoms with Crippen LogP contribution in [0.1, 0.15) is 6.92 Å². The Kier molecular flexibility index (Phi) is 5.98. The van der Waals surface area contributed by atoms with Gasteiger partial charge in [0.05, 0.1) is 23.7 Å². The molecule has 0 bridgehead atoms. The van der Waals surface area contributed by atoms with Crippen molar-refractivity contribution >= 4 is 37.5 Å². The van der Waals surface area contributed by atoms with Crippen LogP contribution in [0.25, 0.3) is 0 Å². The Morgan fingerprint density at radius 2 is 1.75 bits per heavy atom. The van der Waals surface area contributed by atoms with Crippen LogP contribution in [0.3, 0.4) is 0 Å². The monoisotopic (exact) mass is 412 g/mol. The van der Waals surface area contributed by atoms with E-state index in [9.17, 15) is 13.2 Å². The molecular weight excluding hydrogens is 396 g/mol. The van der Waals surface area contributed by atoms with E-state index in [0.29, 0.717) is 11.4 Å². The number of nitrogens with one attached hydrogen (secondary N) is 2. The molecule has 0 radical (unpaired) electrons. The van der Waals surface area contributed by atoms with Gasteiger partial charge < -0.3 is 10.1 Å². The molecule has 0 saturated carbocycles. The number of ether oxygens (including phenoxy) is 1. The van der Waals surface area contributed by atoms with E-state index in [4.69, 9.17) is 4.74 Å². The first-order chi connectivity index (χ1) is 11.3. The lowest BCUT2D eigenvalue weighted by atomic mass is 10.2. The summed E-state index contributed by atoms with van der Waals surface area (Å²) < 4.78 is 32.9. The lowest BCUT2D eigenvalue weighted by molar-refractivity contribution is -0.117. The Labute approximate surface area is 149 Å². The number of amides is 1. The molecule has 0 spiro atoms. The van der Waals surface area contributed by atoms with Crippen LogP contribution in [0.15, 0.2) is 57.9 Å². The fourth-order valence-corrected chi connectivity index (χ4v) is 3.42. The van der Waals surface area contributed by atoms with Crippen molar-refractivity contribution in [2.24, 2.45) is 0 Å². The van der Waals surface area contributed by atoms with Crippen LogP contribution in [0, 0.1) is 0 Å². The molecule has 0 aliphatic heterocycles. The van der Waals surface area contributed by atoms with Crippen molar-refractivity contribution in [1.82, 2.24) is 4.72 Å². The summed E-state index contributed by atoms with van der Waals surface area (Å²) >= 11 is 3.25. The fourth-order valence-electron chi connectivity index (χ4n) is 1.96. The number of halogens is 1. The van der Waals surface area contributed by atoms with E-state index in [1.807, 2.05) is 0 Å². The van der Waals surface area contributed by atoms with Crippen LogP contribution in [0.4, 0.5) is 5.69 Å². The minimum absolute atomic E-state index is 0.0858. The standard InChI is InChI=1S/C16H17BrN2O4S/c1-11(16(20)18-14-5-3-4-6-15(14)23-2)19-24(21,22)13-9-7-12(17)8-10-13/h3-11,19H,1-2H3,(H,18,20)/t11-/m1/s1. The molecule has 6 nitrogen and oxygen atoms in total. The zero-order chi connectivity index (χ0) is 17.7. The molecule has 0 heterocycles. The van der Waals surface area contributed by atoms with Crippen LogP contribution >= 0.6 is 15.9 Å². The highest BCUT2D eigenvalue weighted by Gasteiger charge is 2.22. The van der Waals surface area contributed by atoms with E-state index < -0.39 is 22.0 Å². The van der Waals surface area contributed by atoms with Crippen LogP contribution < -0.4 is 14.8 Å². The zero-order valence-corrected chi connectivity index (χ0v) is 15.5. The Balaban J connectivity index is 2.09. The minimum Gasteiger partial charge on any atom is -0.495 e. The Bertz CT molecular complexity index is 822. The first-order valence-corrected chi connectivity index (χ1v) is 9.33. The van der Waals surface area contributed by atoms with Gasteiger partial charge in [0, 0.05) is 4.47 Å². The van der Waals surface area contributed by atoms with Crippen LogP contribution in [0.5, 0.6) is 5.75 Å². The smallest absolute Gasteiger partial charge is 0.242 e. The fraction of sp³-hybridized carbons (Fsp3) is 0.188. The number of hydrogen-bond acceptors (Lipinski definition) is 4. The topological polar surface area (TPSA) is 84.5 Å². The SMILES string of the molecule is COc1ccccc1NC(=O)[C@@H](C)NS(=O)(=O)c1ccc(Br)cc1. The van der Waals surface area contributed by atoms with Crippen LogP contribution in [-0.4, -0.2) is 27.5 Å². The number of carbonyl (C=O) groups is 1. The summed E-state index contributed by atoms with van der Waals surface area (Å²) in [6, 6.07) is 12.1. The predicted octanol–water partition coefficient (Wildman–Crippen LogP) is 2.76. The van der Waals surface area contributed by atoms with Crippen molar-refractivity contribution in [2.75, 3.05) is 12.4 Å². The molecule has 24 heavy (non-hydrogen) atoms. The number of rotatable bonds is 6. The summed E-state index contributed by atoms with van der Waals surface area (Å²) in [5, 5.41) is 2.65. The highest BCUT2D eigenvalue weighted by Crippen LogP contribution is 2.23. The quantitative estimate of drug-likeness (QED) is 0.763. The molecule has 0 aliphatic carbocycles. The third-order valence-electron chi connectivity index (χ3n) is 3.21. The molecule has 2 aromatic rings. The summed E-state index contributed by atoms with van der Waals surface area (Å²) in [6.45, 7) is 1.47. The van der Waals surface area contributed by atoms with Crippen LogP contribution in [0.2, 0.25) is 0 Å². The predicted molar refractivity (Wildman–Crippen MR) is 95.5 cm³/mol. The second-order valence-electron chi connectivity index (χ2n) is 4.99. The van der Waals surface area contributed by atoms with Gasteiger partial charge in [-0.2, -0.15) is 4.72 Å². The molecular formula is C16H17BrN2O4S. The molecule has 0 aliphatic rings. The number of hydrogen-bond donors (Lipinski definition) is 2. The molecule has 8 heteroatoms. The normalized spacial score (nSPS) is 12.5. The summed E-state index contributed by atoms with van der Waals surface area (Å²) in [5.41, 5.74) is 0.472. The van der Waals surface area contributed by atoms with E-state index in [-0.39, 0.29) is 4.90 Å². The molecule has 1 atom stereocenters. The van der Waals surface area contributed by atoms with Gasteiger partial charge in [0.2, 0.25) is 15.9 Å². The van der Waals surface area contributed by atoms with Gasteiger partial charge in [0.15, 0.2) is 0 Å². The molecule has 1 amide bonds. The first-order valence-electron chi connectivity index (χ1n) is 7.05. The molecule has 2 aromatic carbocycles. The lowest BCUT2D eigenvalue weighted by Crippen LogP contribution is -2.41. The Hall–Kier alpha value is -1.90. The zero-order valence-electron chi connectivity index (χ0n) is 13.1. The largest absolute Gasteiger partial charge is 0.495 e.